The summed E-state index contributed by atoms with van der Waals surface area (Å²) < 4.78 is 11.0. The van der Waals surface area contributed by atoms with Gasteiger partial charge in [-0.15, -0.1) is 0 Å². The van der Waals surface area contributed by atoms with E-state index in [-0.39, 0.29) is 5.97 Å². The average Bonchev–Trinajstić information content (AvgIpc) is 2.33. The first kappa shape index (κ1) is 16.4. The van der Waals surface area contributed by atoms with Crippen molar-refractivity contribution in [1.82, 2.24) is 0 Å². The summed E-state index contributed by atoms with van der Waals surface area (Å²) in [5, 5.41) is 0. The lowest BCUT2D eigenvalue weighted by molar-refractivity contribution is -0.148. The van der Waals surface area contributed by atoms with Crippen LogP contribution in [-0.2, 0) is 14.3 Å². The molecule has 1 aliphatic rings. The lowest BCUT2D eigenvalue weighted by atomic mass is 9.75. The predicted octanol–water partition coefficient (Wildman–Crippen LogP) is 2.35. The Bertz CT molecular complexity index is 279. The van der Waals surface area contributed by atoms with Crippen LogP contribution in [0.15, 0.2) is 0 Å². The zero-order chi connectivity index (χ0) is 14.4. The van der Waals surface area contributed by atoms with E-state index in [2.05, 4.69) is 20.8 Å². The highest BCUT2D eigenvalue weighted by Crippen LogP contribution is 2.35. The second-order valence-electron chi connectivity index (χ2n) is 6.19. The Morgan fingerprint density at radius 3 is 2.53 bits per heavy atom. The van der Waals surface area contributed by atoms with Gasteiger partial charge in [0.2, 0.25) is 0 Å². The van der Waals surface area contributed by atoms with Crippen LogP contribution in [0.25, 0.3) is 0 Å². The van der Waals surface area contributed by atoms with Crippen molar-refractivity contribution in [3.8, 4) is 0 Å². The van der Waals surface area contributed by atoms with Crippen molar-refractivity contribution < 1.29 is 14.3 Å². The van der Waals surface area contributed by atoms with Gasteiger partial charge in [0.25, 0.3) is 0 Å². The summed E-state index contributed by atoms with van der Waals surface area (Å²) in [5.74, 6) is 1.64. The third kappa shape index (κ3) is 5.49. The molecular formula is C15H29NO3. The molecule has 0 heterocycles. The van der Waals surface area contributed by atoms with Crippen LogP contribution in [-0.4, -0.2) is 31.3 Å². The first-order valence-electron chi connectivity index (χ1n) is 7.45. The van der Waals surface area contributed by atoms with Gasteiger partial charge in [0.15, 0.2) is 0 Å². The summed E-state index contributed by atoms with van der Waals surface area (Å²) in [6.07, 6.45) is 3.95. The molecule has 4 heteroatoms. The van der Waals surface area contributed by atoms with E-state index >= 15 is 0 Å². The molecule has 1 saturated carbocycles. The van der Waals surface area contributed by atoms with Crippen molar-refractivity contribution in [2.45, 2.75) is 59.1 Å². The van der Waals surface area contributed by atoms with Gasteiger partial charge in [-0.25, -0.2) is 0 Å². The van der Waals surface area contributed by atoms with Crippen molar-refractivity contribution in [1.29, 1.82) is 0 Å². The molecule has 1 rings (SSSR count). The van der Waals surface area contributed by atoms with E-state index in [9.17, 15) is 4.79 Å². The molecule has 0 aromatic carbocycles. The SMILES string of the molecule is CC1CCC(C(C)C)C(OCCOC(=O)[C@H](C)N)C1. The van der Waals surface area contributed by atoms with E-state index in [0.717, 1.165) is 12.3 Å². The maximum atomic E-state index is 11.2. The highest BCUT2D eigenvalue weighted by Gasteiger charge is 2.31. The molecule has 0 radical (unpaired) electrons. The Hall–Kier alpha value is -0.610. The minimum atomic E-state index is -0.557. The maximum absolute atomic E-state index is 11.2. The second kappa shape index (κ2) is 7.85. The van der Waals surface area contributed by atoms with E-state index < -0.39 is 6.04 Å². The lowest BCUT2D eigenvalue weighted by Crippen LogP contribution is -2.35. The number of hydrogen-bond donors (Lipinski definition) is 1. The predicted molar refractivity (Wildman–Crippen MR) is 75.7 cm³/mol. The van der Waals surface area contributed by atoms with Crippen molar-refractivity contribution in [3.05, 3.63) is 0 Å². The lowest BCUT2D eigenvalue weighted by Gasteiger charge is -2.37. The van der Waals surface area contributed by atoms with Crippen LogP contribution in [0.4, 0.5) is 0 Å². The second-order valence-corrected chi connectivity index (χ2v) is 6.19. The molecule has 112 valence electrons. The van der Waals surface area contributed by atoms with Crippen LogP contribution in [0.2, 0.25) is 0 Å². The zero-order valence-corrected chi connectivity index (χ0v) is 12.7. The quantitative estimate of drug-likeness (QED) is 0.595. The number of rotatable bonds is 6. The van der Waals surface area contributed by atoms with Crippen LogP contribution >= 0.6 is 0 Å². The van der Waals surface area contributed by atoms with Gasteiger partial charge < -0.3 is 15.2 Å². The summed E-state index contributed by atoms with van der Waals surface area (Å²) in [6.45, 7) is 9.19. The molecule has 2 N–H and O–H groups in total. The van der Waals surface area contributed by atoms with Gasteiger partial charge in [0.1, 0.15) is 12.6 Å². The van der Waals surface area contributed by atoms with E-state index in [1.54, 1.807) is 6.92 Å². The highest BCUT2D eigenvalue weighted by molar-refractivity contribution is 5.74. The number of carbonyl (C=O) groups is 1. The molecule has 0 spiro atoms. The van der Waals surface area contributed by atoms with Crippen LogP contribution in [0.5, 0.6) is 0 Å². The molecule has 1 fully saturated rings. The van der Waals surface area contributed by atoms with E-state index in [4.69, 9.17) is 15.2 Å². The van der Waals surface area contributed by atoms with Gasteiger partial charge in [0, 0.05) is 0 Å². The van der Waals surface area contributed by atoms with Crippen LogP contribution in [0.3, 0.4) is 0 Å². The first-order chi connectivity index (χ1) is 8.91. The van der Waals surface area contributed by atoms with Gasteiger partial charge in [-0.2, -0.15) is 0 Å². The van der Waals surface area contributed by atoms with Crippen molar-refractivity contribution in [3.63, 3.8) is 0 Å². The molecule has 4 nitrogen and oxygen atoms in total. The Kier molecular flexibility index (Phi) is 6.80. The van der Waals surface area contributed by atoms with E-state index in [0.29, 0.717) is 31.2 Å². The number of hydrogen-bond acceptors (Lipinski definition) is 4. The standard InChI is InChI=1S/C15H29NO3/c1-10(2)13-6-5-11(3)9-14(13)18-7-8-19-15(17)12(4)16/h10-14H,5-9,16H2,1-4H3/t11?,12-,13?,14?/m0/s1. The monoisotopic (exact) mass is 271 g/mol. The normalized spacial score (nSPS) is 29.3. The number of ether oxygens (including phenoxy) is 2. The number of esters is 1. The van der Waals surface area contributed by atoms with Crippen molar-refractivity contribution in [2.75, 3.05) is 13.2 Å². The number of carbonyl (C=O) groups excluding carboxylic acids is 1. The largest absolute Gasteiger partial charge is 0.462 e. The Balaban J connectivity index is 2.30. The van der Waals surface area contributed by atoms with Gasteiger partial charge >= 0.3 is 5.97 Å². The van der Waals surface area contributed by atoms with Crippen molar-refractivity contribution >= 4 is 5.97 Å². The summed E-state index contributed by atoms with van der Waals surface area (Å²) >= 11 is 0. The van der Waals surface area contributed by atoms with E-state index in [1.807, 2.05) is 0 Å². The number of nitrogens with two attached hydrogens (primary N) is 1. The van der Waals surface area contributed by atoms with Gasteiger partial charge in [-0.3, -0.25) is 4.79 Å². The maximum Gasteiger partial charge on any atom is 0.322 e. The summed E-state index contributed by atoms with van der Waals surface area (Å²) in [5.41, 5.74) is 5.43. The van der Waals surface area contributed by atoms with Gasteiger partial charge in [0.05, 0.1) is 12.7 Å². The van der Waals surface area contributed by atoms with Crippen LogP contribution in [0, 0.1) is 17.8 Å². The molecule has 1 aliphatic carbocycles. The van der Waals surface area contributed by atoms with Gasteiger partial charge in [-0.1, -0.05) is 27.2 Å². The molecule has 19 heavy (non-hydrogen) atoms. The first-order valence-corrected chi connectivity index (χ1v) is 7.45. The Labute approximate surface area is 117 Å². The minimum Gasteiger partial charge on any atom is -0.462 e. The molecule has 0 aliphatic heterocycles. The fourth-order valence-corrected chi connectivity index (χ4v) is 2.78. The third-order valence-electron chi connectivity index (χ3n) is 3.99. The summed E-state index contributed by atoms with van der Waals surface area (Å²) in [6, 6.07) is -0.557. The van der Waals surface area contributed by atoms with Gasteiger partial charge in [-0.05, 0) is 37.5 Å². The smallest absolute Gasteiger partial charge is 0.322 e. The molecular weight excluding hydrogens is 242 g/mol. The van der Waals surface area contributed by atoms with Crippen molar-refractivity contribution in [2.24, 2.45) is 23.5 Å². The van der Waals surface area contributed by atoms with Crippen LogP contribution < -0.4 is 5.73 Å². The Morgan fingerprint density at radius 1 is 1.26 bits per heavy atom. The highest BCUT2D eigenvalue weighted by atomic mass is 16.6. The fourth-order valence-electron chi connectivity index (χ4n) is 2.78. The Morgan fingerprint density at radius 2 is 1.95 bits per heavy atom. The molecule has 3 unspecified atom stereocenters. The topological polar surface area (TPSA) is 61.5 Å². The molecule has 0 aromatic heterocycles. The minimum absolute atomic E-state index is 0.302. The molecule has 0 amide bonds. The molecule has 0 saturated heterocycles. The van der Waals surface area contributed by atoms with Crippen LogP contribution in [0.1, 0.15) is 47.0 Å². The average molecular weight is 271 g/mol. The zero-order valence-electron chi connectivity index (χ0n) is 12.7. The third-order valence-corrected chi connectivity index (χ3v) is 3.99. The fraction of sp³-hybridized carbons (Fsp3) is 0.933. The van der Waals surface area contributed by atoms with E-state index in [1.165, 1.54) is 12.8 Å². The summed E-state index contributed by atoms with van der Waals surface area (Å²) in [4.78, 5) is 11.2. The summed E-state index contributed by atoms with van der Waals surface area (Å²) in [7, 11) is 0. The molecule has 4 atom stereocenters. The molecule has 0 bridgehead atoms. The molecule has 0 aromatic rings.